The molecular weight excluding hydrogens is 585 g/mol. The molecule has 1 atom stereocenters. The lowest BCUT2D eigenvalue weighted by Gasteiger charge is -2.16. The fraction of sp³-hybridized carbons (Fsp3) is 0.312. The van der Waals surface area contributed by atoms with Crippen LogP contribution in [0.5, 0.6) is 5.88 Å². The van der Waals surface area contributed by atoms with Gasteiger partial charge >= 0.3 is 0 Å². The number of nitrogens with zero attached hydrogens (tertiary/aromatic N) is 3. The molecule has 10 nitrogen and oxygen atoms in total. The molecule has 0 radical (unpaired) electrons. The minimum Gasteiger partial charge on any atom is -0.481 e. The second-order valence-electron chi connectivity index (χ2n) is 10.5. The van der Waals surface area contributed by atoms with Crippen molar-refractivity contribution in [3.63, 3.8) is 0 Å². The van der Waals surface area contributed by atoms with Crippen LogP contribution in [0.4, 0.5) is 15.9 Å². The van der Waals surface area contributed by atoms with Crippen molar-refractivity contribution >= 4 is 29.0 Å². The first-order valence-corrected chi connectivity index (χ1v) is 14.8. The van der Waals surface area contributed by atoms with Crippen LogP contribution >= 0.6 is 11.6 Å². The normalized spacial score (nSPS) is 14.5. The van der Waals surface area contributed by atoms with Gasteiger partial charge in [0.2, 0.25) is 11.8 Å². The number of hydrogen-bond donors (Lipinski definition) is 5. The Kier molecular flexibility index (Phi) is 10.3. The summed E-state index contributed by atoms with van der Waals surface area (Å²) in [5, 5.41) is 21.8. The summed E-state index contributed by atoms with van der Waals surface area (Å²) >= 11 is 6.96. The molecule has 1 aliphatic heterocycles. The number of nitrogens with one attached hydrogen (secondary N) is 4. The summed E-state index contributed by atoms with van der Waals surface area (Å²) in [6.07, 6.45) is 4.61. The molecule has 5 rings (SSSR count). The lowest BCUT2D eigenvalue weighted by molar-refractivity contribution is -0.119. The molecule has 5 N–H and O–H groups in total. The molecule has 1 amide bonds. The van der Waals surface area contributed by atoms with E-state index in [9.17, 15) is 4.79 Å². The average Bonchev–Trinajstić information content (AvgIpc) is 3.45. The maximum absolute atomic E-state index is 15.2. The Bertz CT molecular complexity index is 1640. The van der Waals surface area contributed by atoms with Crippen molar-refractivity contribution in [3.8, 4) is 28.4 Å². The zero-order valence-electron chi connectivity index (χ0n) is 24.6. The number of methoxy groups -OCH3 is 1. The van der Waals surface area contributed by atoms with Gasteiger partial charge in [-0.25, -0.2) is 14.4 Å². The van der Waals surface area contributed by atoms with Gasteiger partial charge < -0.3 is 31.1 Å². The summed E-state index contributed by atoms with van der Waals surface area (Å²) in [7, 11) is 1.58. The van der Waals surface area contributed by atoms with Crippen LogP contribution in [0, 0.1) is 12.7 Å². The molecule has 0 aliphatic carbocycles. The van der Waals surface area contributed by atoms with E-state index >= 15 is 4.39 Å². The highest BCUT2D eigenvalue weighted by Gasteiger charge is 2.21. The SMILES string of the molecule is COc1nc(-c2ccnc(-c3cccc(Nc4nccc(CNCCO)c4F)c3C)c2Cl)ccc1CNCC1CCC(=O)N1. The van der Waals surface area contributed by atoms with Crippen LogP contribution in [0.15, 0.2) is 54.9 Å². The molecule has 12 heteroatoms. The molecule has 1 unspecified atom stereocenters. The largest absolute Gasteiger partial charge is 0.481 e. The number of benzene rings is 1. The summed E-state index contributed by atoms with van der Waals surface area (Å²) in [6, 6.07) is 13.0. The zero-order chi connectivity index (χ0) is 31.1. The standard InChI is InChI=1S/C32H35ClFN7O3/c1-19-23(4-3-5-25(19)40-31-29(34)20(10-12-38-31)16-35-14-15-42)30-28(33)24(11-13-37-30)26-8-6-21(32(41-26)44-2)17-36-18-22-7-9-27(43)39-22/h3-6,8,10-13,22,35-36,42H,7,9,14-18H2,1-2H3,(H,38,40)(H,39,43). The number of aromatic nitrogens is 3. The van der Waals surface area contributed by atoms with Crippen LogP contribution in [0.25, 0.3) is 22.5 Å². The lowest BCUT2D eigenvalue weighted by Crippen LogP contribution is -2.35. The van der Waals surface area contributed by atoms with E-state index in [0.717, 1.165) is 23.1 Å². The molecule has 0 saturated carbocycles. The van der Waals surface area contributed by atoms with Crippen molar-refractivity contribution in [2.75, 3.05) is 32.1 Å². The van der Waals surface area contributed by atoms with E-state index in [0.29, 0.717) is 65.2 Å². The van der Waals surface area contributed by atoms with Gasteiger partial charge in [-0.2, -0.15) is 0 Å². The van der Waals surface area contributed by atoms with E-state index < -0.39 is 5.82 Å². The highest BCUT2D eigenvalue weighted by Crippen LogP contribution is 2.38. The number of carbonyl (C=O) groups excluding carboxylic acids is 1. The van der Waals surface area contributed by atoms with Crippen LogP contribution in [0.3, 0.4) is 0 Å². The van der Waals surface area contributed by atoms with Gasteiger partial charge in [0.1, 0.15) is 0 Å². The third kappa shape index (κ3) is 7.13. The van der Waals surface area contributed by atoms with E-state index in [4.69, 9.17) is 26.4 Å². The van der Waals surface area contributed by atoms with Crippen molar-refractivity contribution in [1.82, 2.24) is 30.9 Å². The minimum absolute atomic E-state index is 0.0305. The molecular formula is C32H35ClFN7O3. The maximum Gasteiger partial charge on any atom is 0.220 e. The Hall–Kier alpha value is -4.16. The molecule has 44 heavy (non-hydrogen) atoms. The summed E-state index contributed by atoms with van der Waals surface area (Å²) < 4.78 is 20.8. The second-order valence-corrected chi connectivity index (χ2v) is 10.8. The quantitative estimate of drug-likeness (QED) is 0.137. The molecule has 4 aromatic rings. The van der Waals surface area contributed by atoms with Gasteiger partial charge in [0.15, 0.2) is 11.6 Å². The fourth-order valence-corrected chi connectivity index (χ4v) is 5.45. The molecule has 0 bridgehead atoms. The highest BCUT2D eigenvalue weighted by molar-refractivity contribution is 6.35. The number of carbonyl (C=O) groups is 1. The molecule has 230 valence electrons. The summed E-state index contributed by atoms with van der Waals surface area (Å²) in [4.78, 5) is 25.0. The van der Waals surface area contributed by atoms with Gasteiger partial charge in [0.25, 0.3) is 0 Å². The zero-order valence-corrected chi connectivity index (χ0v) is 25.3. The summed E-state index contributed by atoms with van der Waals surface area (Å²) in [5.74, 6) is 0.197. The van der Waals surface area contributed by atoms with Crippen LogP contribution in [0.2, 0.25) is 5.02 Å². The average molecular weight is 620 g/mol. The molecule has 1 fully saturated rings. The Morgan fingerprint density at radius 1 is 1.07 bits per heavy atom. The van der Waals surface area contributed by atoms with Gasteiger partial charge in [0.05, 0.1) is 30.1 Å². The van der Waals surface area contributed by atoms with Crippen LogP contribution in [0.1, 0.15) is 29.5 Å². The number of pyridine rings is 3. The second kappa shape index (κ2) is 14.5. The smallest absolute Gasteiger partial charge is 0.220 e. The van der Waals surface area contributed by atoms with Gasteiger partial charge in [-0.15, -0.1) is 0 Å². The van der Waals surface area contributed by atoms with Crippen LogP contribution in [-0.4, -0.2) is 58.8 Å². The third-order valence-electron chi connectivity index (χ3n) is 7.50. The van der Waals surface area contributed by atoms with Crippen LogP contribution in [-0.2, 0) is 17.9 Å². The number of ether oxygens (including phenoxy) is 1. The van der Waals surface area contributed by atoms with Gasteiger partial charge in [0, 0.05) is 79.0 Å². The molecule has 0 spiro atoms. The first-order valence-electron chi connectivity index (χ1n) is 14.4. The fourth-order valence-electron chi connectivity index (χ4n) is 5.14. The van der Waals surface area contributed by atoms with Crippen molar-refractivity contribution in [3.05, 3.63) is 82.4 Å². The van der Waals surface area contributed by atoms with Crippen molar-refractivity contribution in [2.45, 2.75) is 38.9 Å². The van der Waals surface area contributed by atoms with Gasteiger partial charge in [-0.3, -0.25) is 9.78 Å². The number of hydrogen-bond acceptors (Lipinski definition) is 9. The van der Waals surface area contributed by atoms with E-state index in [2.05, 4.69) is 31.2 Å². The predicted molar refractivity (Wildman–Crippen MR) is 168 cm³/mol. The highest BCUT2D eigenvalue weighted by atomic mass is 35.5. The van der Waals surface area contributed by atoms with E-state index in [-0.39, 0.29) is 30.9 Å². The molecule has 1 aromatic carbocycles. The van der Waals surface area contributed by atoms with E-state index in [1.54, 1.807) is 31.6 Å². The number of aliphatic hydroxyl groups is 1. The molecule has 3 aromatic heterocycles. The van der Waals surface area contributed by atoms with Crippen molar-refractivity contribution in [1.29, 1.82) is 0 Å². The topological polar surface area (TPSA) is 133 Å². The maximum atomic E-state index is 15.2. The van der Waals surface area contributed by atoms with E-state index in [1.165, 1.54) is 0 Å². The number of amides is 1. The van der Waals surface area contributed by atoms with E-state index in [1.807, 2.05) is 37.3 Å². The first-order chi connectivity index (χ1) is 21.4. The predicted octanol–water partition coefficient (Wildman–Crippen LogP) is 4.51. The van der Waals surface area contributed by atoms with Gasteiger partial charge in [-0.1, -0.05) is 29.8 Å². The molecule has 1 aliphatic rings. The monoisotopic (exact) mass is 619 g/mol. The number of aliphatic hydroxyl groups excluding tert-OH is 1. The first kappa shape index (κ1) is 31.3. The summed E-state index contributed by atoms with van der Waals surface area (Å²) in [5.41, 5.74) is 5.45. The molecule has 4 heterocycles. The van der Waals surface area contributed by atoms with Crippen molar-refractivity contribution < 1.29 is 19.0 Å². The Labute approximate surface area is 260 Å². The number of halogens is 2. The Balaban J connectivity index is 1.37. The molecule has 1 saturated heterocycles. The summed E-state index contributed by atoms with van der Waals surface area (Å²) in [6.45, 7) is 3.72. The number of rotatable bonds is 13. The van der Waals surface area contributed by atoms with Crippen LogP contribution < -0.4 is 26.0 Å². The van der Waals surface area contributed by atoms with Gasteiger partial charge in [-0.05, 0) is 43.2 Å². The van der Waals surface area contributed by atoms with Crippen molar-refractivity contribution in [2.24, 2.45) is 0 Å². The lowest BCUT2D eigenvalue weighted by atomic mass is 10.0. The minimum atomic E-state index is -0.468. The Morgan fingerprint density at radius 3 is 2.66 bits per heavy atom. The third-order valence-corrected chi connectivity index (χ3v) is 7.89. The number of anilines is 2. The Morgan fingerprint density at radius 2 is 1.89 bits per heavy atom.